The molecule has 1 atom stereocenters. The molecule has 0 bridgehead atoms. The van der Waals surface area contributed by atoms with Gasteiger partial charge in [-0.2, -0.15) is 0 Å². The summed E-state index contributed by atoms with van der Waals surface area (Å²) in [5.41, 5.74) is 10.5. The number of fused-ring (bicyclic) bond motifs is 4. The van der Waals surface area contributed by atoms with Crippen LogP contribution in [0.25, 0.3) is 16.6 Å². The number of aryl methyl sites for hydroxylation is 1. The summed E-state index contributed by atoms with van der Waals surface area (Å²) in [4.78, 5) is 23.5. The first-order valence-electron chi connectivity index (χ1n) is 11.1. The molecule has 0 radical (unpaired) electrons. The number of aliphatic hydroxyl groups is 1. The minimum Gasteiger partial charge on any atom is -0.491 e. The van der Waals surface area contributed by atoms with Crippen LogP contribution in [0.5, 0.6) is 5.75 Å². The van der Waals surface area contributed by atoms with Crippen molar-refractivity contribution < 1.29 is 19.4 Å². The number of amides is 1. The highest BCUT2D eigenvalue weighted by Crippen LogP contribution is 2.36. The van der Waals surface area contributed by atoms with Gasteiger partial charge in [0.15, 0.2) is 0 Å². The first-order valence-corrected chi connectivity index (χ1v) is 11.1. The number of imidazole rings is 1. The Labute approximate surface area is 196 Å². The van der Waals surface area contributed by atoms with Gasteiger partial charge in [-0.25, -0.2) is 9.97 Å². The second-order valence-electron chi connectivity index (χ2n) is 9.12. The van der Waals surface area contributed by atoms with Gasteiger partial charge >= 0.3 is 0 Å². The second-order valence-corrected chi connectivity index (χ2v) is 9.12. The molecule has 1 unspecified atom stereocenters. The molecule has 1 saturated heterocycles. The van der Waals surface area contributed by atoms with Gasteiger partial charge in [0, 0.05) is 18.2 Å². The number of carbonyl (C=O) groups excluding carboxylic acids is 1. The Morgan fingerprint density at radius 1 is 1.24 bits per heavy atom. The fourth-order valence-electron chi connectivity index (χ4n) is 4.17. The van der Waals surface area contributed by atoms with Crippen LogP contribution in [0.3, 0.4) is 0 Å². The van der Waals surface area contributed by atoms with Crippen molar-refractivity contribution in [2.75, 3.05) is 32.6 Å². The zero-order chi connectivity index (χ0) is 24.0. The number of benzene rings is 2. The van der Waals surface area contributed by atoms with Crippen molar-refractivity contribution in [1.82, 2.24) is 19.3 Å². The van der Waals surface area contributed by atoms with Crippen LogP contribution in [-0.2, 0) is 4.74 Å². The van der Waals surface area contributed by atoms with Gasteiger partial charge in [-0.1, -0.05) is 12.1 Å². The fourth-order valence-corrected chi connectivity index (χ4v) is 4.17. The third-order valence-electron chi connectivity index (χ3n) is 6.16. The number of rotatable bonds is 2. The van der Waals surface area contributed by atoms with Gasteiger partial charge in [-0.3, -0.25) is 9.20 Å². The second kappa shape index (κ2) is 8.27. The largest absolute Gasteiger partial charge is 0.491 e. The highest BCUT2D eigenvalue weighted by molar-refractivity contribution is 5.98. The summed E-state index contributed by atoms with van der Waals surface area (Å²) >= 11 is 0. The number of ether oxygens (including phenoxy) is 2. The molecule has 9 nitrogen and oxygen atoms in total. The standard InChI is InChI=1S/C21H19N5O2.C4H8O2/c1-12-3-5-14-18(10-28-19(14)7-12)25(2)21(27)13-4-6-15-16(8-13)26-11-23-9-17(26)20(22)24-15;1-4(5)2-6-3-4/h3-9,11,18H,10H2,1-2H3,(H2,22,24);5H,2-3H2,1H3. The molecule has 2 aromatic carbocycles. The van der Waals surface area contributed by atoms with Crippen LogP contribution in [0.1, 0.15) is 34.5 Å². The fraction of sp³-hybridized carbons (Fsp3) is 0.320. The SMILES string of the molecule is CC1(O)COC1.Cc1ccc2c(c1)OCC2N(C)C(=O)c1ccc2nc(N)c3cncn3c2c1. The number of anilines is 1. The lowest BCUT2D eigenvalue weighted by Crippen LogP contribution is -2.46. The van der Waals surface area contributed by atoms with Crippen LogP contribution in [-0.4, -0.2) is 62.8 Å². The lowest BCUT2D eigenvalue weighted by molar-refractivity contribution is -0.166. The van der Waals surface area contributed by atoms with E-state index in [-0.39, 0.29) is 11.9 Å². The maximum absolute atomic E-state index is 13.2. The van der Waals surface area contributed by atoms with E-state index in [1.54, 1.807) is 30.4 Å². The van der Waals surface area contributed by atoms with Gasteiger partial charge in [0.25, 0.3) is 5.91 Å². The maximum atomic E-state index is 13.2. The summed E-state index contributed by atoms with van der Waals surface area (Å²) in [7, 11) is 1.81. The summed E-state index contributed by atoms with van der Waals surface area (Å²) in [5.74, 6) is 1.19. The number of nitrogens with two attached hydrogens (primary N) is 1. The average molecular weight is 462 g/mol. The minimum absolute atomic E-state index is 0.0750. The summed E-state index contributed by atoms with van der Waals surface area (Å²) in [6, 6.07) is 11.4. The summed E-state index contributed by atoms with van der Waals surface area (Å²) in [6.07, 6.45) is 3.34. The third kappa shape index (κ3) is 3.93. The van der Waals surface area contributed by atoms with Gasteiger partial charge in [-0.15, -0.1) is 0 Å². The molecule has 0 spiro atoms. The van der Waals surface area contributed by atoms with Crippen LogP contribution in [0.15, 0.2) is 48.9 Å². The number of hydrogen-bond acceptors (Lipinski definition) is 7. The number of aromatic nitrogens is 3. The normalized spacial score (nSPS) is 17.9. The van der Waals surface area contributed by atoms with E-state index in [2.05, 4.69) is 14.7 Å². The third-order valence-corrected chi connectivity index (χ3v) is 6.16. The Balaban J connectivity index is 0.000000351. The van der Waals surface area contributed by atoms with Crippen molar-refractivity contribution in [3.05, 3.63) is 65.6 Å². The molecule has 4 aromatic rings. The molecular formula is C25H27N5O4. The molecule has 6 rings (SSSR count). The van der Waals surface area contributed by atoms with E-state index in [4.69, 9.17) is 15.6 Å². The first kappa shape index (κ1) is 22.1. The lowest BCUT2D eigenvalue weighted by atomic mass is 10.0. The molecule has 2 aromatic heterocycles. The van der Waals surface area contributed by atoms with Gasteiger partial charge in [0.2, 0.25) is 0 Å². The number of carbonyl (C=O) groups is 1. The molecule has 0 aliphatic carbocycles. The molecule has 176 valence electrons. The quantitative estimate of drug-likeness (QED) is 0.472. The van der Waals surface area contributed by atoms with Crippen LogP contribution in [0.4, 0.5) is 5.82 Å². The van der Waals surface area contributed by atoms with Crippen molar-refractivity contribution in [3.63, 3.8) is 0 Å². The van der Waals surface area contributed by atoms with Crippen molar-refractivity contribution in [2.24, 2.45) is 0 Å². The maximum Gasteiger partial charge on any atom is 0.254 e. The van der Waals surface area contributed by atoms with E-state index in [9.17, 15) is 4.79 Å². The van der Waals surface area contributed by atoms with E-state index >= 15 is 0 Å². The molecule has 4 heterocycles. The van der Waals surface area contributed by atoms with Crippen LogP contribution < -0.4 is 10.5 Å². The Bertz CT molecular complexity index is 1390. The van der Waals surface area contributed by atoms with E-state index in [1.165, 1.54) is 0 Å². The number of likely N-dealkylation sites (N-methyl/N-ethyl adjacent to an activating group) is 1. The van der Waals surface area contributed by atoms with Crippen LogP contribution >= 0.6 is 0 Å². The molecule has 3 N–H and O–H groups in total. The summed E-state index contributed by atoms with van der Waals surface area (Å²) in [5, 5.41) is 8.79. The molecule has 2 aliphatic rings. The smallest absolute Gasteiger partial charge is 0.254 e. The van der Waals surface area contributed by atoms with Gasteiger partial charge in [0.1, 0.15) is 29.3 Å². The monoisotopic (exact) mass is 461 g/mol. The van der Waals surface area contributed by atoms with E-state index in [1.807, 2.05) is 48.7 Å². The van der Waals surface area contributed by atoms with E-state index < -0.39 is 5.60 Å². The summed E-state index contributed by atoms with van der Waals surface area (Å²) < 4.78 is 12.3. The molecule has 1 amide bonds. The lowest BCUT2D eigenvalue weighted by Gasteiger charge is -2.31. The van der Waals surface area contributed by atoms with Gasteiger partial charge < -0.3 is 25.2 Å². The Morgan fingerprint density at radius 2 is 2.00 bits per heavy atom. The Kier molecular flexibility index (Phi) is 5.38. The summed E-state index contributed by atoms with van der Waals surface area (Å²) in [6.45, 7) is 5.26. The first-order chi connectivity index (χ1) is 16.2. The number of nitrogens with zero attached hydrogens (tertiary/aromatic N) is 4. The highest BCUT2D eigenvalue weighted by Gasteiger charge is 2.31. The zero-order valence-corrected chi connectivity index (χ0v) is 19.4. The van der Waals surface area contributed by atoms with Crippen molar-refractivity contribution in [2.45, 2.75) is 25.5 Å². The minimum atomic E-state index is -0.500. The molecular weight excluding hydrogens is 434 g/mol. The van der Waals surface area contributed by atoms with Crippen molar-refractivity contribution >= 4 is 28.3 Å². The molecule has 2 aliphatic heterocycles. The van der Waals surface area contributed by atoms with Gasteiger partial charge in [0.05, 0.1) is 42.8 Å². The van der Waals surface area contributed by atoms with E-state index in [0.29, 0.717) is 36.7 Å². The molecule has 1 fully saturated rings. The van der Waals surface area contributed by atoms with E-state index in [0.717, 1.165) is 27.9 Å². The van der Waals surface area contributed by atoms with Crippen molar-refractivity contribution in [3.8, 4) is 5.75 Å². The van der Waals surface area contributed by atoms with Crippen LogP contribution in [0, 0.1) is 6.92 Å². The van der Waals surface area contributed by atoms with Gasteiger partial charge in [-0.05, 0) is 43.7 Å². The molecule has 34 heavy (non-hydrogen) atoms. The number of nitrogen functional groups attached to an aromatic ring is 1. The molecule has 9 heteroatoms. The van der Waals surface area contributed by atoms with Crippen LogP contribution in [0.2, 0.25) is 0 Å². The topological polar surface area (TPSA) is 115 Å². The predicted octanol–water partition coefficient (Wildman–Crippen LogP) is 2.75. The average Bonchev–Trinajstić information content (AvgIpc) is 3.45. The Morgan fingerprint density at radius 3 is 2.71 bits per heavy atom. The zero-order valence-electron chi connectivity index (χ0n) is 19.4. The predicted molar refractivity (Wildman–Crippen MR) is 128 cm³/mol. The number of hydrogen-bond donors (Lipinski definition) is 2. The molecule has 0 saturated carbocycles. The Hall–Kier alpha value is -3.69. The van der Waals surface area contributed by atoms with Crippen molar-refractivity contribution in [1.29, 1.82) is 0 Å². The highest BCUT2D eigenvalue weighted by atomic mass is 16.5.